The summed E-state index contributed by atoms with van der Waals surface area (Å²) in [5.74, 6) is 5.15. The van der Waals surface area contributed by atoms with Crippen LogP contribution in [0.2, 0.25) is 0 Å². The van der Waals surface area contributed by atoms with Gasteiger partial charge in [-0.05, 0) is 39.7 Å². The Morgan fingerprint density at radius 2 is 1.85 bits per heavy atom. The second-order valence-corrected chi connectivity index (χ2v) is 7.45. The summed E-state index contributed by atoms with van der Waals surface area (Å²) in [5, 5.41) is 0. The molecule has 0 aromatic rings. The summed E-state index contributed by atoms with van der Waals surface area (Å²) in [6, 6.07) is 0. The highest BCUT2D eigenvalue weighted by Gasteiger charge is 2.50. The molecule has 26 heavy (non-hydrogen) atoms. The predicted molar refractivity (Wildman–Crippen MR) is 97.3 cm³/mol. The lowest BCUT2D eigenvalue weighted by molar-refractivity contribution is -0.151. The molecule has 1 saturated heterocycles. The first kappa shape index (κ1) is 18.9. The summed E-state index contributed by atoms with van der Waals surface area (Å²) in [6.07, 6.45) is 4.44. The summed E-state index contributed by atoms with van der Waals surface area (Å²) in [6.45, 7) is 6.53. The van der Waals surface area contributed by atoms with Gasteiger partial charge >= 0.3 is 11.9 Å². The van der Waals surface area contributed by atoms with Crippen LogP contribution in [0.4, 0.5) is 0 Å². The molecule has 0 bridgehead atoms. The number of ether oxygens (including phenoxy) is 2. The average molecular weight is 360 g/mol. The lowest BCUT2D eigenvalue weighted by Crippen LogP contribution is -2.44. The molecule has 2 aliphatic heterocycles. The normalized spacial score (nSPS) is 23.5. The summed E-state index contributed by atoms with van der Waals surface area (Å²) in [5.41, 5.74) is 0.0504. The van der Waals surface area contributed by atoms with E-state index in [1.54, 1.807) is 6.92 Å². The van der Waals surface area contributed by atoms with E-state index in [0.29, 0.717) is 30.5 Å². The third-order valence-corrected chi connectivity index (χ3v) is 5.59. The van der Waals surface area contributed by atoms with Gasteiger partial charge in [0.05, 0.1) is 12.1 Å². The van der Waals surface area contributed by atoms with E-state index in [4.69, 9.17) is 9.47 Å². The van der Waals surface area contributed by atoms with Crippen molar-refractivity contribution in [3.05, 3.63) is 11.1 Å². The zero-order valence-corrected chi connectivity index (χ0v) is 15.8. The fourth-order valence-corrected chi connectivity index (χ4v) is 3.96. The average Bonchev–Trinajstić information content (AvgIpc) is 2.86. The quantitative estimate of drug-likeness (QED) is 0.559. The standard InChI is InChI=1S/C20H28N2O4/c1-16-17(20(26-18(16)23)8-4-3-5-9-20)19(24)25-15-7-6-10-22-13-11-21(2)12-14-22/h3-5,8-15H2,1-2H3. The third-order valence-electron chi connectivity index (χ3n) is 5.59. The highest BCUT2D eigenvalue weighted by atomic mass is 16.6. The van der Waals surface area contributed by atoms with Gasteiger partial charge in [-0.25, -0.2) is 9.59 Å². The first-order valence-electron chi connectivity index (χ1n) is 9.50. The van der Waals surface area contributed by atoms with Crippen molar-refractivity contribution >= 4 is 11.9 Å². The number of hydrogen-bond acceptors (Lipinski definition) is 6. The first-order valence-corrected chi connectivity index (χ1v) is 9.50. The van der Waals surface area contributed by atoms with Gasteiger partial charge in [0.2, 0.25) is 0 Å². The first-order chi connectivity index (χ1) is 12.5. The minimum absolute atomic E-state index is 0.0492. The van der Waals surface area contributed by atoms with Gasteiger partial charge in [0.15, 0.2) is 6.61 Å². The minimum atomic E-state index is -0.760. The van der Waals surface area contributed by atoms with Gasteiger partial charge in [-0.1, -0.05) is 18.3 Å². The fourth-order valence-electron chi connectivity index (χ4n) is 3.96. The molecule has 0 unspecified atom stereocenters. The van der Waals surface area contributed by atoms with Crippen molar-refractivity contribution in [3.63, 3.8) is 0 Å². The van der Waals surface area contributed by atoms with E-state index < -0.39 is 11.6 Å². The van der Waals surface area contributed by atoms with Crippen LogP contribution in [-0.2, 0) is 19.1 Å². The van der Waals surface area contributed by atoms with Crippen LogP contribution in [0.3, 0.4) is 0 Å². The second kappa shape index (κ2) is 8.24. The molecule has 3 aliphatic rings. The lowest BCUT2D eigenvalue weighted by Gasteiger charge is -2.33. The number of carbonyl (C=O) groups is 2. The summed E-state index contributed by atoms with van der Waals surface area (Å²) in [7, 11) is 2.12. The van der Waals surface area contributed by atoms with Crippen LogP contribution in [0.25, 0.3) is 0 Å². The Morgan fingerprint density at radius 1 is 1.15 bits per heavy atom. The van der Waals surface area contributed by atoms with Crippen molar-refractivity contribution in [2.24, 2.45) is 0 Å². The summed E-state index contributed by atoms with van der Waals surface area (Å²) < 4.78 is 10.9. The van der Waals surface area contributed by atoms with Gasteiger partial charge in [0, 0.05) is 31.8 Å². The molecule has 3 rings (SSSR count). The number of esters is 2. The monoisotopic (exact) mass is 360 g/mol. The molecule has 0 atom stereocenters. The van der Waals surface area contributed by atoms with E-state index in [9.17, 15) is 9.59 Å². The van der Waals surface area contributed by atoms with Crippen LogP contribution >= 0.6 is 0 Å². The van der Waals surface area contributed by atoms with Gasteiger partial charge in [-0.3, -0.25) is 4.90 Å². The SMILES string of the molecule is CC1=C(C(=O)OCC#CCN2CCN(C)CC2)C2(CCCCC2)OC1=O. The van der Waals surface area contributed by atoms with Crippen molar-refractivity contribution in [1.82, 2.24) is 9.80 Å². The Hall–Kier alpha value is -1.84. The number of piperazine rings is 1. The van der Waals surface area contributed by atoms with Gasteiger partial charge in [-0.15, -0.1) is 0 Å². The largest absolute Gasteiger partial charge is 0.451 e. The summed E-state index contributed by atoms with van der Waals surface area (Å²) >= 11 is 0. The molecule has 142 valence electrons. The molecular formula is C20H28N2O4. The molecule has 0 radical (unpaired) electrons. The van der Waals surface area contributed by atoms with E-state index in [0.717, 1.165) is 45.4 Å². The van der Waals surface area contributed by atoms with E-state index >= 15 is 0 Å². The van der Waals surface area contributed by atoms with Gasteiger partial charge < -0.3 is 14.4 Å². The Labute approximate surface area is 155 Å². The molecule has 6 nitrogen and oxygen atoms in total. The molecule has 0 aromatic heterocycles. The molecule has 2 heterocycles. The maximum Gasteiger partial charge on any atom is 0.339 e. The highest BCUT2D eigenvalue weighted by molar-refractivity contribution is 6.05. The molecule has 1 spiro atoms. The number of rotatable bonds is 3. The smallest absolute Gasteiger partial charge is 0.339 e. The zero-order chi connectivity index (χ0) is 18.6. The molecule has 1 saturated carbocycles. The predicted octanol–water partition coefficient (Wildman–Crippen LogP) is 1.36. The van der Waals surface area contributed by atoms with Gasteiger partial charge in [0.1, 0.15) is 5.60 Å². The van der Waals surface area contributed by atoms with Crippen LogP contribution in [0.1, 0.15) is 39.0 Å². The molecule has 0 amide bonds. The molecule has 2 fully saturated rings. The number of carbonyl (C=O) groups excluding carboxylic acids is 2. The van der Waals surface area contributed by atoms with Gasteiger partial charge in [0.25, 0.3) is 0 Å². The van der Waals surface area contributed by atoms with E-state index in [2.05, 4.69) is 28.7 Å². The van der Waals surface area contributed by atoms with Crippen molar-refractivity contribution in [1.29, 1.82) is 0 Å². The Balaban J connectivity index is 1.53. The van der Waals surface area contributed by atoms with Crippen LogP contribution in [-0.4, -0.2) is 73.7 Å². The molecule has 0 aromatic carbocycles. The third kappa shape index (κ3) is 4.11. The molecular weight excluding hydrogens is 332 g/mol. The van der Waals surface area contributed by atoms with E-state index in [-0.39, 0.29) is 12.6 Å². The Bertz CT molecular complexity index is 644. The van der Waals surface area contributed by atoms with Crippen LogP contribution in [0.5, 0.6) is 0 Å². The molecule has 1 aliphatic carbocycles. The molecule has 0 N–H and O–H groups in total. The van der Waals surface area contributed by atoms with Crippen LogP contribution in [0, 0.1) is 11.8 Å². The Morgan fingerprint density at radius 3 is 2.54 bits per heavy atom. The molecule has 6 heteroatoms. The van der Waals surface area contributed by atoms with Crippen molar-refractivity contribution in [2.45, 2.75) is 44.6 Å². The number of likely N-dealkylation sites (N-methyl/N-ethyl adjacent to an activating group) is 1. The fraction of sp³-hybridized carbons (Fsp3) is 0.700. The second-order valence-electron chi connectivity index (χ2n) is 7.45. The van der Waals surface area contributed by atoms with Crippen LogP contribution in [0.15, 0.2) is 11.1 Å². The summed E-state index contributed by atoms with van der Waals surface area (Å²) in [4.78, 5) is 29.2. The van der Waals surface area contributed by atoms with Gasteiger partial charge in [-0.2, -0.15) is 0 Å². The Kier molecular flexibility index (Phi) is 6.00. The minimum Gasteiger partial charge on any atom is -0.451 e. The van der Waals surface area contributed by atoms with Crippen molar-refractivity contribution in [2.75, 3.05) is 46.4 Å². The number of nitrogens with zero attached hydrogens (tertiary/aromatic N) is 2. The van der Waals surface area contributed by atoms with E-state index in [1.807, 2.05) is 0 Å². The van der Waals surface area contributed by atoms with Crippen molar-refractivity contribution in [3.8, 4) is 11.8 Å². The number of hydrogen-bond donors (Lipinski definition) is 0. The van der Waals surface area contributed by atoms with E-state index in [1.165, 1.54) is 0 Å². The van der Waals surface area contributed by atoms with Crippen molar-refractivity contribution < 1.29 is 19.1 Å². The zero-order valence-electron chi connectivity index (χ0n) is 15.8. The maximum atomic E-state index is 12.6. The van der Waals surface area contributed by atoms with Crippen LogP contribution < -0.4 is 0 Å². The lowest BCUT2D eigenvalue weighted by atomic mass is 9.79. The topological polar surface area (TPSA) is 59.1 Å². The maximum absolute atomic E-state index is 12.6. The highest BCUT2D eigenvalue weighted by Crippen LogP contribution is 2.44.